The van der Waals surface area contributed by atoms with Crippen LogP contribution < -0.4 is 15.4 Å². The first-order chi connectivity index (χ1) is 19.0. The Morgan fingerprint density at radius 1 is 0.975 bits per heavy atom. The number of rotatable bonds is 13. The molecule has 0 saturated carbocycles. The molecule has 3 aromatic rings. The standard InChI is InChI=1S/C28H31F2N3O5S2/c1-18(34)28(36)33-40(37,38)27-23(19-7-3-2-4-8-19)12-11-21(26(27)30)16-31-14-13-25(35)32-17-22(39)15-20-9-5-6-10-24(20)29/h2-12,18,22,31,34,39H,13-17H2,1H3,(H,32,35)(H,33,36)/t18-,22+/m0/s1. The minimum absolute atomic E-state index is 0.00488. The third-order valence-electron chi connectivity index (χ3n) is 5.94. The highest BCUT2D eigenvalue weighted by atomic mass is 32.2. The van der Waals surface area contributed by atoms with Crippen molar-refractivity contribution in [2.24, 2.45) is 0 Å². The zero-order valence-electron chi connectivity index (χ0n) is 21.7. The molecule has 0 aliphatic rings. The van der Waals surface area contributed by atoms with E-state index in [4.69, 9.17) is 0 Å². The quantitative estimate of drug-likeness (QED) is 0.154. The predicted octanol–water partition coefficient (Wildman–Crippen LogP) is 2.95. The summed E-state index contributed by atoms with van der Waals surface area (Å²) < 4.78 is 57.2. The highest BCUT2D eigenvalue weighted by Crippen LogP contribution is 2.31. The van der Waals surface area contributed by atoms with Crippen molar-refractivity contribution in [2.45, 2.75) is 42.6 Å². The van der Waals surface area contributed by atoms with Gasteiger partial charge in [-0.15, -0.1) is 0 Å². The van der Waals surface area contributed by atoms with Crippen molar-refractivity contribution in [3.8, 4) is 11.1 Å². The van der Waals surface area contributed by atoms with Gasteiger partial charge in [0.2, 0.25) is 5.91 Å². The van der Waals surface area contributed by atoms with E-state index in [0.717, 1.165) is 6.92 Å². The molecule has 214 valence electrons. The Morgan fingerprint density at radius 3 is 2.33 bits per heavy atom. The van der Waals surface area contributed by atoms with Crippen LogP contribution in [0, 0.1) is 11.6 Å². The van der Waals surface area contributed by atoms with Crippen LogP contribution in [0.15, 0.2) is 71.6 Å². The number of aliphatic hydroxyl groups excluding tert-OH is 1. The Balaban J connectivity index is 1.63. The molecule has 2 amide bonds. The average molecular weight is 592 g/mol. The number of hydrogen-bond acceptors (Lipinski definition) is 7. The zero-order valence-corrected chi connectivity index (χ0v) is 23.4. The number of carbonyl (C=O) groups is 2. The predicted molar refractivity (Wildman–Crippen MR) is 151 cm³/mol. The van der Waals surface area contributed by atoms with Crippen molar-refractivity contribution >= 4 is 34.5 Å². The van der Waals surface area contributed by atoms with Gasteiger partial charge in [0.15, 0.2) is 0 Å². The van der Waals surface area contributed by atoms with Gasteiger partial charge in [-0.05, 0) is 30.5 Å². The Hall–Kier alpha value is -3.32. The lowest BCUT2D eigenvalue weighted by Crippen LogP contribution is -2.38. The van der Waals surface area contributed by atoms with Gasteiger partial charge in [-0.1, -0.05) is 60.7 Å². The Morgan fingerprint density at radius 2 is 1.65 bits per heavy atom. The topological polar surface area (TPSA) is 125 Å². The molecule has 2 atom stereocenters. The van der Waals surface area contributed by atoms with Crippen LogP contribution in [0.4, 0.5) is 8.78 Å². The fourth-order valence-electron chi connectivity index (χ4n) is 3.84. The molecule has 0 bridgehead atoms. The maximum absolute atomic E-state index is 15.6. The summed E-state index contributed by atoms with van der Waals surface area (Å²) in [6.07, 6.45) is -1.22. The fraction of sp³-hybridized carbons (Fsp3) is 0.286. The van der Waals surface area contributed by atoms with Crippen LogP contribution in [-0.2, 0) is 32.6 Å². The molecule has 3 aromatic carbocycles. The molecule has 12 heteroatoms. The average Bonchev–Trinajstić information content (AvgIpc) is 2.91. The van der Waals surface area contributed by atoms with Gasteiger partial charge in [0, 0.05) is 42.4 Å². The monoisotopic (exact) mass is 591 g/mol. The lowest BCUT2D eigenvalue weighted by Gasteiger charge is -2.16. The van der Waals surface area contributed by atoms with E-state index in [2.05, 4.69) is 23.3 Å². The molecule has 0 spiro atoms. The number of hydrogen-bond donors (Lipinski definition) is 5. The Bertz CT molecular complexity index is 1440. The van der Waals surface area contributed by atoms with Crippen molar-refractivity contribution in [1.29, 1.82) is 0 Å². The molecular formula is C28H31F2N3O5S2. The molecule has 40 heavy (non-hydrogen) atoms. The summed E-state index contributed by atoms with van der Waals surface area (Å²) in [7, 11) is -4.68. The number of carbonyl (C=O) groups excluding carboxylic acids is 2. The van der Waals surface area contributed by atoms with Gasteiger partial charge in [-0.2, -0.15) is 12.6 Å². The van der Waals surface area contributed by atoms with E-state index < -0.39 is 32.7 Å². The number of benzene rings is 3. The second kappa shape index (κ2) is 14.4. The molecule has 0 aliphatic carbocycles. The summed E-state index contributed by atoms with van der Waals surface area (Å²) in [6, 6.07) is 17.5. The van der Waals surface area contributed by atoms with Crippen molar-refractivity contribution in [2.75, 3.05) is 13.1 Å². The largest absolute Gasteiger partial charge is 0.384 e. The highest BCUT2D eigenvalue weighted by molar-refractivity contribution is 7.90. The van der Waals surface area contributed by atoms with E-state index in [-0.39, 0.29) is 54.2 Å². The lowest BCUT2D eigenvalue weighted by atomic mass is 10.0. The molecule has 0 fully saturated rings. The van der Waals surface area contributed by atoms with E-state index in [0.29, 0.717) is 17.5 Å². The van der Waals surface area contributed by atoms with Gasteiger partial charge in [0.1, 0.15) is 22.6 Å². The molecule has 8 nitrogen and oxygen atoms in total. The summed E-state index contributed by atoms with van der Waals surface area (Å²) >= 11 is 4.40. The van der Waals surface area contributed by atoms with Crippen LogP contribution in [0.1, 0.15) is 24.5 Å². The first-order valence-electron chi connectivity index (χ1n) is 12.5. The van der Waals surface area contributed by atoms with Crippen LogP contribution in [-0.4, -0.2) is 49.8 Å². The molecule has 3 rings (SSSR count). The number of nitrogens with one attached hydrogen (secondary N) is 3. The normalized spacial score (nSPS) is 12.9. The number of thiol groups is 1. The highest BCUT2D eigenvalue weighted by Gasteiger charge is 2.29. The maximum Gasteiger partial charge on any atom is 0.267 e. The van der Waals surface area contributed by atoms with E-state index >= 15 is 4.39 Å². The summed E-state index contributed by atoms with van der Waals surface area (Å²) in [5, 5.41) is 14.8. The van der Waals surface area contributed by atoms with Crippen LogP contribution in [0.2, 0.25) is 0 Å². The second-order valence-corrected chi connectivity index (χ2v) is 11.5. The van der Waals surface area contributed by atoms with Gasteiger partial charge >= 0.3 is 0 Å². The molecule has 0 saturated heterocycles. The minimum Gasteiger partial charge on any atom is -0.384 e. The van der Waals surface area contributed by atoms with E-state index in [9.17, 15) is 27.5 Å². The van der Waals surface area contributed by atoms with Crippen LogP contribution in [0.3, 0.4) is 0 Å². The summed E-state index contributed by atoms with van der Waals surface area (Å²) in [5.74, 6) is -2.87. The number of aliphatic hydroxyl groups is 1. The Kier molecular flexibility index (Phi) is 11.2. The van der Waals surface area contributed by atoms with Gasteiger partial charge in [0.25, 0.3) is 15.9 Å². The SMILES string of the molecule is C[C@H](O)C(=O)NS(=O)(=O)c1c(-c2ccccc2)ccc(CNCCC(=O)NC[C@H](S)Cc2ccccc2F)c1F. The minimum atomic E-state index is -4.68. The van der Waals surface area contributed by atoms with E-state index in [1.165, 1.54) is 18.2 Å². The molecule has 0 unspecified atom stereocenters. The van der Waals surface area contributed by atoms with E-state index in [1.54, 1.807) is 53.3 Å². The summed E-state index contributed by atoms with van der Waals surface area (Å²) in [5.41, 5.74) is 0.972. The van der Waals surface area contributed by atoms with E-state index in [1.807, 2.05) is 0 Å². The van der Waals surface area contributed by atoms with Crippen molar-refractivity contribution in [3.63, 3.8) is 0 Å². The number of sulfonamides is 1. The van der Waals surface area contributed by atoms with Gasteiger partial charge < -0.3 is 15.7 Å². The van der Waals surface area contributed by atoms with Gasteiger partial charge in [0.05, 0.1) is 0 Å². The third-order valence-corrected chi connectivity index (χ3v) is 7.71. The lowest BCUT2D eigenvalue weighted by molar-refractivity contribution is -0.126. The zero-order chi connectivity index (χ0) is 29.3. The van der Waals surface area contributed by atoms with Crippen molar-refractivity contribution in [3.05, 3.63) is 89.5 Å². The van der Waals surface area contributed by atoms with Crippen molar-refractivity contribution < 1.29 is 31.9 Å². The van der Waals surface area contributed by atoms with Gasteiger partial charge in [-0.25, -0.2) is 21.9 Å². The molecule has 0 radical (unpaired) electrons. The van der Waals surface area contributed by atoms with Gasteiger partial charge in [-0.3, -0.25) is 9.59 Å². The van der Waals surface area contributed by atoms with Crippen LogP contribution >= 0.6 is 12.6 Å². The summed E-state index contributed by atoms with van der Waals surface area (Å²) in [4.78, 5) is 23.4. The first-order valence-corrected chi connectivity index (χ1v) is 14.5. The maximum atomic E-state index is 15.6. The molecule has 4 N–H and O–H groups in total. The molecule has 0 aliphatic heterocycles. The van der Waals surface area contributed by atoms with Crippen LogP contribution in [0.25, 0.3) is 11.1 Å². The fourth-order valence-corrected chi connectivity index (χ4v) is 5.51. The van der Waals surface area contributed by atoms with Crippen molar-refractivity contribution in [1.82, 2.24) is 15.4 Å². The second-order valence-electron chi connectivity index (χ2n) is 9.11. The molecule has 0 aromatic heterocycles. The Labute approximate surface area is 237 Å². The molecular weight excluding hydrogens is 560 g/mol. The molecule has 0 heterocycles. The van der Waals surface area contributed by atoms with Crippen LogP contribution in [0.5, 0.6) is 0 Å². The number of halogens is 2. The number of amides is 2. The third kappa shape index (κ3) is 8.59. The summed E-state index contributed by atoms with van der Waals surface area (Å²) in [6.45, 7) is 1.39. The smallest absolute Gasteiger partial charge is 0.267 e. The first kappa shape index (κ1) is 31.2.